The highest BCUT2D eigenvalue weighted by Gasteiger charge is 2.17. The van der Waals surface area contributed by atoms with Crippen LogP contribution in [0.5, 0.6) is 0 Å². The fraction of sp³-hybridized carbons (Fsp3) is 0.333. The molecule has 8 heavy (non-hydrogen) atoms. The minimum absolute atomic E-state index is 0.189. The Labute approximate surface area is 44.9 Å². The van der Waals surface area contributed by atoms with E-state index in [1.54, 1.807) is 0 Å². The molecule has 0 aromatic heterocycles. The molecule has 0 radical (unpaired) electrons. The molecule has 0 spiro atoms. The van der Waals surface area contributed by atoms with E-state index in [4.69, 9.17) is 0 Å². The van der Waals surface area contributed by atoms with Gasteiger partial charge in [0.2, 0.25) is 5.78 Å². The van der Waals surface area contributed by atoms with E-state index >= 15 is 0 Å². The molecule has 0 bridgehead atoms. The molecule has 1 rings (SSSR count). The Bertz CT molecular complexity index is 116. The van der Waals surface area contributed by atoms with Gasteiger partial charge in [-0.3, -0.25) is 19.9 Å². The lowest BCUT2D eigenvalue weighted by atomic mass is 10.4. The zero-order chi connectivity index (χ0) is 5.98. The molecule has 1 aliphatic heterocycles. The summed E-state index contributed by atoms with van der Waals surface area (Å²) in [5.41, 5.74) is 4.02. The van der Waals surface area contributed by atoms with E-state index in [1.807, 2.05) is 11.0 Å². The molecule has 1 saturated heterocycles. The molecule has 5 heteroatoms. The number of amides is 1. The molecule has 5 nitrogen and oxygen atoms in total. The fourth-order valence-electron chi connectivity index (χ4n) is 0.319. The first-order chi connectivity index (χ1) is 3.80. The average molecular weight is 116 g/mol. The fourth-order valence-corrected chi connectivity index (χ4v) is 0.319. The number of hydrazine groups is 1. The summed E-state index contributed by atoms with van der Waals surface area (Å²) in [7, 11) is 0. The zero-order valence-electron chi connectivity index (χ0n) is 3.93. The predicted molar refractivity (Wildman–Crippen MR) is 22.2 cm³/mol. The second-order valence-corrected chi connectivity index (χ2v) is 1.27. The second-order valence-electron chi connectivity index (χ2n) is 1.27. The summed E-state index contributed by atoms with van der Waals surface area (Å²) in [6, 6.07) is 0. The molecule has 1 amide bonds. The Balaban J connectivity index is 2.52. The average Bonchev–Trinajstić information content (AvgIpc) is 1.77. The Hall–Kier alpha value is -0.940. The van der Waals surface area contributed by atoms with Gasteiger partial charge in [-0.1, -0.05) is 0 Å². The summed E-state index contributed by atoms with van der Waals surface area (Å²) >= 11 is 0. The molecule has 0 aromatic rings. The molecule has 1 fully saturated rings. The quantitative estimate of drug-likeness (QED) is 0.363. The van der Waals surface area contributed by atoms with Crippen molar-refractivity contribution in [1.29, 1.82) is 0 Å². The van der Waals surface area contributed by atoms with Crippen LogP contribution in [0.25, 0.3) is 0 Å². The number of Topliss-reactive ketones (excluding diaryl/α,β-unsaturated/α-hetero) is 1. The highest BCUT2D eigenvalue weighted by Crippen LogP contribution is 1.78. The monoisotopic (exact) mass is 116 g/mol. The van der Waals surface area contributed by atoms with Gasteiger partial charge in [0.05, 0.1) is 0 Å². The lowest BCUT2D eigenvalue weighted by molar-refractivity contribution is -0.153. The topological polar surface area (TPSA) is 67.4 Å². The van der Waals surface area contributed by atoms with Gasteiger partial charge in [-0.05, 0) is 0 Å². The summed E-state index contributed by atoms with van der Waals surface area (Å²) in [6.45, 7) is -0.189. The molecule has 0 saturated carbocycles. The zero-order valence-corrected chi connectivity index (χ0v) is 3.93. The molecule has 44 valence electrons. The molecule has 0 unspecified atom stereocenters. The van der Waals surface area contributed by atoms with Crippen LogP contribution in [0.4, 0.5) is 0 Å². The van der Waals surface area contributed by atoms with Crippen molar-refractivity contribution in [3.05, 3.63) is 0 Å². The highest BCUT2D eigenvalue weighted by molar-refractivity contribution is 6.36. The maximum absolute atomic E-state index is 10.2. The van der Waals surface area contributed by atoms with Gasteiger partial charge in [0, 0.05) is 0 Å². The largest absolute Gasteiger partial charge is 0.305 e. The van der Waals surface area contributed by atoms with Gasteiger partial charge in [-0.2, -0.15) is 0 Å². The van der Waals surface area contributed by atoms with Crippen molar-refractivity contribution >= 4 is 11.7 Å². The summed E-state index contributed by atoms with van der Waals surface area (Å²) < 4.78 is 0. The lowest BCUT2D eigenvalue weighted by Gasteiger charge is -2.10. The van der Waals surface area contributed by atoms with Crippen molar-refractivity contribution in [1.82, 2.24) is 11.0 Å². The number of hydrogen-bond acceptors (Lipinski definition) is 4. The minimum Gasteiger partial charge on any atom is -0.286 e. The SMILES string of the molecule is O=C1CONNC1=O. The van der Waals surface area contributed by atoms with Crippen molar-refractivity contribution in [3.8, 4) is 0 Å². The van der Waals surface area contributed by atoms with Crippen LogP contribution in [0.15, 0.2) is 0 Å². The third-order valence-corrected chi connectivity index (χ3v) is 0.693. The number of rotatable bonds is 0. The standard InChI is InChI=1S/C3H4N2O3/c6-2-1-8-5-4-3(2)7/h5H,1H2,(H,4,7). The van der Waals surface area contributed by atoms with Crippen LogP contribution >= 0.6 is 0 Å². The molecule has 1 aliphatic rings. The van der Waals surface area contributed by atoms with Gasteiger partial charge in [0.1, 0.15) is 6.61 Å². The van der Waals surface area contributed by atoms with E-state index in [9.17, 15) is 9.59 Å². The molecule has 0 aromatic carbocycles. The first-order valence-corrected chi connectivity index (χ1v) is 2.00. The predicted octanol–water partition coefficient (Wildman–Crippen LogP) is -1.88. The van der Waals surface area contributed by atoms with Crippen molar-refractivity contribution < 1.29 is 14.4 Å². The van der Waals surface area contributed by atoms with Gasteiger partial charge in [-0.25, -0.2) is 0 Å². The number of hydrogen-bond donors (Lipinski definition) is 2. The van der Waals surface area contributed by atoms with Crippen LogP contribution in [0, 0.1) is 0 Å². The van der Waals surface area contributed by atoms with E-state index in [0.717, 1.165) is 0 Å². The Morgan fingerprint density at radius 1 is 1.50 bits per heavy atom. The van der Waals surface area contributed by atoms with Gasteiger partial charge < -0.3 is 0 Å². The minimum atomic E-state index is -0.656. The van der Waals surface area contributed by atoms with Crippen LogP contribution in [0.3, 0.4) is 0 Å². The molecule has 0 aliphatic carbocycles. The van der Waals surface area contributed by atoms with Crippen LogP contribution in [-0.4, -0.2) is 18.3 Å². The van der Waals surface area contributed by atoms with Gasteiger partial charge >= 0.3 is 5.91 Å². The van der Waals surface area contributed by atoms with Gasteiger partial charge in [0.25, 0.3) is 0 Å². The number of ketones is 1. The van der Waals surface area contributed by atoms with Crippen molar-refractivity contribution in [2.45, 2.75) is 0 Å². The van der Waals surface area contributed by atoms with E-state index in [-0.39, 0.29) is 6.61 Å². The van der Waals surface area contributed by atoms with Crippen molar-refractivity contribution in [3.63, 3.8) is 0 Å². The Morgan fingerprint density at radius 3 is 2.62 bits per heavy atom. The van der Waals surface area contributed by atoms with Crippen LogP contribution < -0.4 is 11.0 Å². The van der Waals surface area contributed by atoms with Crippen LogP contribution in [-0.2, 0) is 14.4 Å². The van der Waals surface area contributed by atoms with E-state index in [0.29, 0.717) is 0 Å². The van der Waals surface area contributed by atoms with Crippen molar-refractivity contribution in [2.75, 3.05) is 6.61 Å². The molecule has 1 heterocycles. The first-order valence-electron chi connectivity index (χ1n) is 2.00. The first kappa shape index (κ1) is 5.20. The van der Waals surface area contributed by atoms with Gasteiger partial charge in [0.15, 0.2) is 0 Å². The van der Waals surface area contributed by atoms with E-state index < -0.39 is 11.7 Å². The third-order valence-electron chi connectivity index (χ3n) is 0.693. The third kappa shape index (κ3) is 0.824. The number of nitrogens with one attached hydrogen (secondary N) is 2. The molecular formula is C3H4N2O3. The maximum Gasteiger partial charge on any atom is 0.305 e. The number of carbonyl (C=O) groups is 2. The summed E-state index contributed by atoms with van der Waals surface area (Å²) in [5, 5.41) is 0. The van der Waals surface area contributed by atoms with E-state index in [2.05, 4.69) is 4.84 Å². The summed E-state index contributed by atoms with van der Waals surface area (Å²) in [4.78, 5) is 24.7. The lowest BCUT2D eigenvalue weighted by Crippen LogP contribution is -2.49. The van der Waals surface area contributed by atoms with Crippen LogP contribution in [0.1, 0.15) is 0 Å². The van der Waals surface area contributed by atoms with Crippen LogP contribution in [0.2, 0.25) is 0 Å². The smallest absolute Gasteiger partial charge is 0.286 e. The van der Waals surface area contributed by atoms with Crippen molar-refractivity contribution in [2.24, 2.45) is 0 Å². The maximum atomic E-state index is 10.2. The highest BCUT2D eigenvalue weighted by atomic mass is 16.7. The molecule has 0 atom stereocenters. The molecule has 2 N–H and O–H groups in total. The normalized spacial score (nSPS) is 20.5. The summed E-state index contributed by atoms with van der Waals surface area (Å²) in [5.74, 6) is -1.22. The Morgan fingerprint density at radius 2 is 2.25 bits per heavy atom. The number of carbonyl (C=O) groups excluding carboxylic acids is 2. The molecular weight excluding hydrogens is 112 g/mol. The Kier molecular flexibility index (Phi) is 1.23. The second kappa shape index (κ2) is 1.89. The van der Waals surface area contributed by atoms with Gasteiger partial charge in [-0.15, -0.1) is 5.59 Å². The summed E-state index contributed by atoms with van der Waals surface area (Å²) in [6.07, 6.45) is 0. The van der Waals surface area contributed by atoms with E-state index in [1.165, 1.54) is 0 Å².